The third kappa shape index (κ3) is 4.55. The zero-order valence-electron chi connectivity index (χ0n) is 18.4. The number of aromatic nitrogens is 2. The van der Waals surface area contributed by atoms with Crippen molar-refractivity contribution in [1.29, 1.82) is 5.26 Å². The van der Waals surface area contributed by atoms with E-state index >= 15 is 0 Å². The Morgan fingerprint density at radius 1 is 1.21 bits per heavy atom. The van der Waals surface area contributed by atoms with Crippen molar-refractivity contribution in [2.75, 3.05) is 0 Å². The van der Waals surface area contributed by atoms with Crippen molar-refractivity contribution in [2.24, 2.45) is 5.16 Å². The molecule has 1 N–H and O–H groups in total. The van der Waals surface area contributed by atoms with Gasteiger partial charge in [-0.25, -0.2) is 4.79 Å². The second-order valence-electron chi connectivity index (χ2n) is 7.87. The Balaban J connectivity index is 1.63. The summed E-state index contributed by atoms with van der Waals surface area (Å²) in [5, 5.41) is 26.6. The summed E-state index contributed by atoms with van der Waals surface area (Å²) in [5.41, 5.74) is 4.36. The van der Waals surface area contributed by atoms with E-state index in [1.54, 1.807) is 18.2 Å². The molecule has 33 heavy (non-hydrogen) atoms. The summed E-state index contributed by atoms with van der Waals surface area (Å²) >= 11 is 0. The largest absolute Gasteiger partial charge is 0.490 e. The van der Waals surface area contributed by atoms with Crippen LogP contribution in [0.2, 0.25) is 0 Å². The van der Waals surface area contributed by atoms with Crippen molar-refractivity contribution in [3.63, 3.8) is 0 Å². The van der Waals surface area contributed by atoms with Crippen LogP contribution in [0.25, 0.3) is 22.8 Å². The number of hydrogen-bond acceptors (Lipinski definition) is 8. The number of nitrogens with zero attached hydrogens (tertiary/aromatic N) is 4. The van der Waals surface area contributed by atoms with Gasteiger partial charge in [0.25, 0.3) is 5.89 Å². The molecule has 0 bridgehead atoms. The fourth-order valence-corrected chi connectivity index (χ4v) is 3.55. The van der Waals surface area contributed by atoms with Crippen LogP contribution >= 0.6 is 0 Å². The van der Waals surface area contributed by atoms with E-state index in [9.17, 15) is 10.1 Å². The number of benzene rings is 2. The number of carboxylic acid groups (broad SMARTS) is 1. The highest BCUT2D eigenvalue weighted by atomic mass is 16.6. The average Bonchev–Trinajstić information content (AvgIpc) is 3.44. The van der Waals surface area contributed by atoms with E-state index in [0.29, 0.717) is 47.1 Å². The van der Waals surface area contributed by atoms with Gasteiger partial charge in [0.2, 0.25) is 11.9 Å². The Labute approximate surface area is 190 Å². The van der Waals surface area contributed by atoms with Gasteiger partial charge in [0.05, 0.1) is 17.4 Å². The maximum atomic E-state index is 11.0. The zero-order valence-corrected chi connectivity index (χ0v) is 18.4. The maximum Gasteiger partial charge on any atom is 0.347 e. The number of carbonyl (C=O) groups is 1. The van der Waals surface area contributed by atoms with Crippen molar-refractivity contribution in [3.05, 3.63) is 53.1 Å². The molecular formula is C24H22N4O5. The van der Waals surface area contributed by atoms with Crippen LogP contribution in [0.15, 0.2) is 46.1 Å². The first-order valence-electron chi connectivity index (χ1n) is 10.5. The van der Waals surface area contributed by atoms with Gasteiger partial charge in [0.1, 0.15) is 11.8 Å². The van der Waals surface area contributed by atoms with Gasteiger partial charge in [-0.2, -0.15) is 10.2 Å². The van der Waals surface area contributed by atoms with Gasteiger partial charge in [-0.15, -0.1) is 0 Å². The molecule has 3 aromatic rings. The summed E-state index contributed by atoms with van der Waals surface area (Å²) in [6, 6.07) is 13.0. The van der Waals surface area contributed by atoms with E-state index < -0.39 is 12.1 Å². The summed E-state index contributed by atoms with van der Waals surface area (Å²) in [5.74, 6) is 0.141. The minimum absolute atomic E-state index is 0.0516. The smallest absolute Gasteiger partial charge is 0.347 e. The molecule has 2 aromatic carbocycles. The summed E-state index contributed by atoms with van der Waals surface area (Å²) in [6.07, 6.45) is 0.231. The number of carboxylic acids is 1. The van der Waals surface area contributed by atoms with Crippen LogP contribution in [-0.2, 0) is 16.1 Å². The van der Waals surface area contributed by atoms with Crippen molar-refractivity contribution in [1.82, 2.24) is 10.1 Å². The second kappa shape index (κ2) is 9.12. The predicted molar refractivity (Wildman–Crippen MR) is 119 cm³/mol. The quantitative estimate of drug-likeness (QED) is 0.534. The molecule has 0 saturated carbocycles. The number of nitriles is 1. The molecule has 0 fully saturated rings. The predicted octanol–water partition coefficient (Wildman–Crippen LogP) is 4.20. The molecule has 9 heteroatoms. The molecule has 1 atom stereocenters. The average molecular weight is 446 g/mol. The molecular weight excluding hydrogens is 424 g/mol. The van der Waals surface area contributed by atoms with Crippen molar-refractivity contribution < 1.29 is 24.0 Å². The van der Waals surface area contributed by atoms with Crippen LogP contribution in [0.1, 0.15) is 43.9 Å². The molecule has 1 heterocycles. The number of hydrogen-bond donors (Lipinski definition) is 1. The van der Waals surface area contributed by atoms with Gasteiger partial charge >= 0.3 is 5.97 Å². The Bertz CT molecular complexity index is 1270. The number of oxime groups is 1. The molecule has 0 amide bonds. The molecule has 0 spiro atoms. The second-order valence-corrected chi connectivity index (χ2v) is 7.87. The Hall–Kier alpha value is -4.19. The molecule has 1 unspecified atom stereocenters. The monoisotopic (exact) mass is 446 g/mol. The van der Waals surface area contributed by atoms with Crippen LogP contribution in [0.5, 0.6) is 5.75 Å². The van der Waals surface area contributed by atoms with Crippen LogP contribution < -0.4 is 4.74 Å². The lowest BCUT2D eigenvalue weighted by molar-refractivity contribution is -0.149. The number of rotatable bonds is 7. The van der Waals surface area contributed by atoms with Gasteiger partial charge in [0.15, 0.2) is 0 Å². The Morgan fingerprint density at radius 3 is 2.73 bits per heavy atom. The number of aliphatic carboxylic acids is 1. The Kier molecular flexibility index (Phi) is 6.09. The van der Waals surface area contributed by atoms with Crippen LogP contribution in [-0.4, -0.2) is 39.1 Å². The molecule has 1 aromatic heterocycles. The van der Waals surface area contributed by atoms with Gasteiger partial charge in [-0.1, -0.05) is 28.5 Å². The topological polar surface area (TPSA) is 131 Å². The number of fused-ring (bicyclic) bond motifs is 1. The highest BCUT2D eigenvalue weighted by molar-refractivity contribution is 6.05. The van der Waals surface area contributed by atoms with Gasteiger partial charge in [-0.3, -0.25) is 0 Å². The third-order valence-electron chi connectivity index (χ3n) is 5.14. The normalized spacial score (nSPS) is 14.7. The molecule has 0 aliphatic heterocycles. The summed E-state index contributed by atoms with van der Waals surface area (Å²) in [4.78, 5) is 20.6. The van der Waals surface area contributed by atoms with Crippen LogP contribution in [0.3, 0.4) is 0 Å². The lowest BCUT2D eigenvalue weighted by Gasteiger charge is -2.11. The van der Waals surface area contributed by atoms with Crippen molar-refractivity contribution in [3.8, 4) is 34.7 Å². The maximum absolute atomic E-state index is 11.0. The third-order valence-corrected chi connectivity index (χ3v) is 5.14. The fourth-order valence-electron chi connectivity index (χ4n) is 3.55. The summed E-state index contributed by atoms with van der Waals surface area (Å²) in [6.45, 7) is 5.22. The zero-order chi connectivity index (χ0) is 23.5. The standard InChI is InChI=1S/C24H22N4O5/c1-13(2)31-21-10-7-15(11-16(21)12-25)23-26-22(28-33-23)19-6-4-5-18-17(19)8-9-20(18)27-32-14(3)24(29)30/h4-7,10-11,13-14H,8-9H2,1-3H3,(H,29,30)/b27-20+. The SMILES string of the molecule is CC(C)Oc1ccc(-c2nc(-c3cccc4c3CC/C4=N\OC(C)C(=O)O)no2)cc1C#N. The van der Waals surface area contributed by atoms with E-state index in [-0.39, 0.29) is 6.10 Å². The summed E-state index contributed by atoms with van der Waals surface area (Å²) in [7, 11) is 0. The van der Waals surface area contributed by atoms with E-state index in [1.165, 1.54) is 6.92 Å². The first kappa shape index (κ1) is 22.0. The van der Waals surface area contributed by atoms with Crippen molar-refractivity contribution in [2.45, 2.75) is 45.8 Å². The summed E-state index contributed by atoms with van der Waals surface area (Å²) < 4.78 is 11.2. The van der Waals surface area contributed by atoms with E-state index in [1.807, 2.05) is 32.0 Å². The van der Waals surface area contributed by atoms with Crippen LogP contribution in [0.4, 0.5) is 0 Å². The molecule has 1 aliphatic rings. The minimum Gasteiger partial charge on any atom is -0.490 e. The Morgan fingerprint density at radius 2 is 2.00 bits per heavy atom. The first-order valence-corrected chi connectivity index (χ1v) is 10.5. The molecule has 1 aliphatic carbocycles. The van der Waals surface area contributed by atoms with Crippen molar-refractivity contribution >= 4 is 11.7 Å². The van der Waals surface area contributed by atoms with E-state index in [2.05, 4.69) is 21.4 Å². The van der Waals surface area contributed by atoms with Gasteiger partial charge in [0, 0.05) is 16.7 Å². The highest BCUT2D eigenvalue weighted by Crippen LogP contribution is 2.33. The minimum atomic E-state index is -1.07. The highest BCUT2D eigenvalue weighted by Gasteiger charge is 2.25. The lowest BCUT2D eigenvalue weighted by Crippen LogP contribution is -2.18. The molecule has 9 nitrogen and oxygen atoms in total. The molecule has 4 rings (SSSR count). The first-order chi connectivity index (χ1) is 15.9. The van der Waals surface area contributed by atoms with E-state index in [0.717, 1.165) is 16.7 Å². The van der Waals surface area contributed by atoms with Gasteiger partial charge in [-0.05, 0) is 57.4 Å². The molecule has 168 valence electrons. The van der Waals surface area contributed by atoms with Crippen LogP contribution in [0, 0.1) is 11.3 Å². The molecule has 0 radical (unpaired) electrons. The molecule has 0 saturated heterocycles. The van der Waals surface area contributed by atoms with E-state index in [4.69, 9.17) is 19.2 Å². The fraction of sp³-hybridized carbons (Fsp3) is 0.292. The number of ether oxygens (including phenoxy) is 1. The lowest BCUT2D eigenvalue weighted by atomic mass is 10.0. The van der Waals surface area contributed by atoms with Gasteiger partial charge < -0.3 is 19.2 Å².